The average Bonchev–Trinajstić information content (AvgIpc) is 3.64. The van der Waals surface area contributed by atoms with Crippen molar-refractivity contribution in [2.24, 2.45) is 22.9 Å². The van der Waals surface area contributed by atoms with Crippen molar-refractivity contribution in [1.29, 1.82) is 0 Å². The van der Waals surface area contributed by atoms with E-state index in [1.807, 2.05) is 23.0 Å². The van der Waals surface area contributed by atoms with Gasteiger partial charge in [0.05, 0.1) is 36.7 Å². The van der Waals surface area contributed by atoms with E-state index in [9.17, 15) is 10.2 Å². The Morgan fingerprint density at radius 2 is 1.88 bits per heavy atom. The van der Waals surface area contributed by atoms with Crippen molar-refractivity contribution in [1.82, 2.24) is 15.0 Å². The molecule has 3 heterocycles. The number of fused-ring (bicyclic) bond motifs is 2. The second-order valence-electron chi connectivity index (χ2n) is 14.5. The molecule has 0 bridgehead atoms. The van der Waals surface area contributed by atoms with Gasteiger partial charge in [-0.2, -0.15) is 0 Å². The van der Waals surface area contributed by atoms with E-state index in [1.165, 1.54) is 0 Å². The minimum absolute atomic E-state index is 0.0554. The maximum absolute atomic E-state index is 9.87. The third-order valence-corrected chi connectivity index (χ3v) is 11.2. The Kier molecular flexibility index (Phi) is 13.6. The third kappa shape index (κ3) is 8.17. The van der Waals surface area contributed by atoms with Gasteiger partial charge in [0.2, 0.25) is 12.1 Å². The van der Waals surface area contributed by atoms with Gasteiger partial charge in [-0.05, 0) is 87.0 Å². The molecule has 11 heteroatoms. The summed E-state index contributed by atoms with van der Waals surface area (Å²) in [6.45, 7) is 11.7. The number of aliphatic hydroxyl groups is 2. The summed E-state index contributed by atoms with van der Waals surface area (Å²) >= 11 is 0. The molecule has 4 aliphatic rings. The molecule has 2 aliphatic heterocycles. The molecule has 7 unspecified atom stereocenters. The first kappa shape index (κ1) is 38.2. The highest BCUT2D eigenvalue weighted by atomic mass is 16.8. The molecule has 2 aliphatic carbocycles. The third-order valence-electron chi connectivity index (χ3n) is 11.2. The molecule has 1 aromatic heterocycles. The molecular formula is C41H58N4O7. The molecule has 0 radical (unpaired) electrons. The molecule has 52 heavy (non-hydrogen) atoms. The number of ether oxygens (including phenoxy) is 4. The van der Waals surface area contributed by atoms with E-state index in [-0.39, 0.29) is 43.5 Å². The lowest BCUT2D eigenvalue weighted by Gasteiger charge is -2.58. The maximum Gasteiger partial charge on any atom is 0.241 e. The summed E-state index contributed by atoms with van der Waals surface area (Å²) in [5, 5.41) is 33.8. The number of oxime groups is 1. The SMILES string of the molecule is C=CCOc1ccc2c(c1)C1C(CCCCO)C(CCCCO)C=C3C(=NOC4CCCCO4)CC(n4nncc4CCCC)C(OCC=C)(O2)C31. The lowest BCUT2D eigenvalue weighted by molar-refractivity contribution is -0.252. The highest BCUT2D eigenvalue weighted by molar-refractivity contribution is 6.02. The zero-order valence-electron chi connectivity index (χ0n) is 30.9. The summed E-state index contributed by atoms with van der Waals surface area (Å²) in [5.41, 5.74) is 3.99. The number of benzene rings is 1. The quantitative estimate of drug-likeness (QED) is 0.0828. The van der Waals surface area contributed by atoms with Crippen LogP contribution in [0.4, 0.5) is 0 Å². The number of aryl methyl sites for hydroxylation is 1. The van der Waals surface area contributed by atoms with E-state index >= 15 is 0 Å². The molecule has 2 fully saturated rings. The number of allylic oxidation sites excluding steroid dienone is 1. The Hall–Kier alpha value is -3.51. The Morgan fingerprint density at radius 3 is 2.63 bits per heavy atom. The van der Waals surface area contributed by atoms with Crippen LogP contribution in [0.1, 0.15) is 107 Å². The molecule has 2 N–H and O–H groups in total. The average molecular weight is 719 g/mol. The van der Waals surface area contributed by atoms with E-state index in [0.29, 0.717) is 19.6 Å². The minimum Gasteiger partial charge on any atom is -0.490 e. The highest BCUT2D eigenvalue weighted by Gasteiger charge is 2.65. The minimum atomic E-state index is -1.18. The van der Waals surface area contributed by atoms with Crippen LogP contribution in [-0.2, 0) is 20.7 Å². The Bertz CT molecular complexity index is 1530. The fraction of sp³-hybridized carbons (Fsp3) is 0.634. The lowest BCUT2D eigenvalue weighted by atomic mass is 9.55. The summed E-state index contributed by atoms with van der Waals surface area (Å²) in [4.78, 5) is 6.23. The van der Waals surface area contributed by atoms with Crippen molar-refractivity contribution in [3.8, 4) is 11.5 Å². The van der Waals surface area contributed by atoms with E-state index in [2.05, 4.69) is 37.3 Å². The van der Waals surface area contributed by atoms with Crippen LogP contribution in [0, 0.1) is 17.8 Å². The van der Waals surface area contributed by atoms with Gasteiger partial charge in [0.25, 0.3) is 0 Å². The lowest BCUT2D eigenvalue weighted by Crippen LogP contribution is -2.63. The number of aromatic nitrogens is 3. The van der Waals surface area contributed by atoms with Crippen molar-refractivity contribution in [3.63, 3.8) is 0 Å². The number of hydrogen-bond acceptors (Lipinski definition) is 10. The standard InChI is InChI=1S/C41H58N4O7/c1-4-7-15-30-28-42-44-45(30)37-27-35(43-52-38-17-10-13-24-49-38)33-25-29(14-8-11-20-46)32(16-9-12-21-47)39-34-26-31(48-22-5-2)18-19-36(34)51-41(37,40(33)39)50-23-6-3/h5-6,18-19,25-26,28-29,32,37-40,46-47H,2-4,7-17,20-24,27H2,1H3. The van der Waals surface area contributed by atoms with Crippen LogP contribution < -0.4 is 9.47 Å². The Labute approximate surface area is 308 Å². The van der Waals surface area contributed by atoms with Gasteiger partial charge in [0.1, 0.15) is 24.1 Å². The number of rotatable bonds is 20. The van der Waals surface area contributed by atoms with Crippen molar-refractivity contribution < 1.29 is 34.0 Å². The van der Waals surface area contributed by atoms with Crippen molar-refractivity contribution in [2.75, 3.05) is 33.0 Å². The first-order valence-corrected chi connectivity index (χ1v) is 19.6. The first-order chi connectivity index (χ1) is 25.6. The van der Waals surface area contributed by atoms with Crippen LogP contribution in [0.5, 0.6) is 11.5 Å². The van der Waals surface area contributed by atoms with Gasteiger partial charge in [-0.15, -0.1) is 11.7 Å². The van der Waals surface area contributed by atoms with E-state index < -0.39 is 18.1 Å². The van der Waals surface area contributed by atoms with Crippen LogP contribution in [-0.4, -0.2) is 76.0 Å². The summed E-state index contributed by atoms with van der Waals surface area (Å²) < 4.78 is 28.4. The second-order valence-corrected chi connectivity index (χ2v) is 14.5. The van der Waals surface area contributed by atoms with Gasteiger partial charge in [-0.1, -0.05) is 61.4 Å². The van der Waals surface area contributed by atoms with Crippen molar-refractivity contribution in [2.45, 2.75) is 114 Å². The van der Waals surface area contributed by atoms with Crippen molar-refractivity contribution in [3.05, 3.63) is 72.6 Å². The maximum atomic E-state index is 9.87. The molecule has 284 valence electrons. The van der Waals surface area contributed by atoms with Crippen molar-refractivity contribution >= 4 is 5.71 Å². The predicted octanol–water partition coefficient (Wildman–Crippen LogP) is 7.22. The number of aliphatic hydroxyl groups excluding tert-OH is 2. The van der Waals surface area contributed by atoms with E-state index in [0.717, 1.165) is 111 Å². The van der Waals surface area contributed by atoms with E-state index in [1.54, 1.807) is 12.2 Å². The summed E-state index contributed by atoms with van der Waals surface area (Å²) in [6.07, 6.45) is 18.6. The molecule has 6 rings (SSSR count). The highest BCUT2D eigenvalue weighted by Crippen LogP contribution is 2.63. The van der Waals surface area contributed by atoms with Crippen LogP contribution in [0.25, 0.3) is 0 Å². The summed E-state index contributed by atoms with van der Waals surface area (Å²) in [6, 6.07) is 5.67. The topological polar surface area (TPSA) is 130 Å². The van der Waals surface area contributed by atoms with Gasteiger partial charge in [0.15, 0.2) is 0 Å². The molecule has 2 aromatic rings. The first-order valence-electron chi connectivity index (χ1n) is 19.6. The second kappa shape index (κ2) is 18.5. The monoisotopic (exact) mass is 718 g/mol. The number of nitrogens with zero attached hydrogens (tertiary/aromatic N) is 4. The fourth-order valence-corrected chi connectivity index (χ4v) is 8.80. The normalized spacial score (nSPS) is 28.7. The van der Waals surface area contributed by atoms with Crippen LogP contribution in [0.15, 0.2) is 66.5 Å². The Morgan fingerprint density at radius 1 is 1.06 bits per heavy atom. The van der Waals surface area contributed by atoms with Crippen LogP contribution in [0.2, 0.25) is 0 Å². The van der Waals surface area contributed by atoms with Crippen LogP contribution in [0.3, 0.4) is 0 Å². The largest absolute Gasteiger partial charge is 0.490 e. The van der Waals surface area contributed by atoms with Gasteiger partial charge in [-0.3, -0.25) is 0 Å². The zero-order valence-corrected chi connectivity index (χ0v) is 30.9. The molecule has 11 nitrogen and oxygen atoms in total. The summed E-state index contributed by atoms with van der Waals surface area (Å²) in [7, 11) is 0. The number of hydrogen-bond donors (Lipinski definition) is 2. The van der Waals surface area contributed by atoms with Crippen LogP contribution >= 0.6 is 0 Å². The van der Waals surface area contributed by atoms with Gasteiger partial charge < -0.3 is 34.0 Å². The van der Waals surface area contributed by atoms with Gasteiger partial charge in [0, 0.05) is 37.5 Å². The molecule has 1 saturated heterocycles. The molecule has 7 atom stereocenters. The van der Waals surface area contributed by atoms with Gasteiger partial charge in [-0.25, -0.2) is 4.68 Å². The Balaban J connectivity index is 1.57. The predicted molar refractivity (Wildman–Crippen MR) is 199 cm³/mol. The molecule has 1 aromatic carbocycles. The molecule has 1 saturated carbocycles. The summed E-state index contributed by atoms with van der Waals surface area (Å²) in [5.74, 6) is 0.343. The molecule has 0 amide bonds. The number of unbranched alkanes of at least 4 members (excludes halogenated alkanes) is 3. The zero-order chi connectivity index (χ0) is 36.3. The smallest absolute Gasteiger partial charge is 0.241 e. The fourth-order valence-electron chi connectivity index (χ4n) is 8.80. The molecular weight excluding hydrogens is 660 g/mol. The molecule has 0 spiro atoms. The van der Waals surface area contributed by atoms with Gasteiger partial charge >= 0.3 is 0 Å². The van der Waals surface area contributed by atoms with E-state index in [4.69, 9.17) is 34.2 Å².